The van der Waals surface area contributed by atoms with Crippen LogP contribution in [0.3, 0.4) is 0 Å². The molecule has 0 radical (unpaired) electrons. The summed E-state index contributed by atoms with van der Waals surface area (Å²) in [4.78, 5) is 28.2. The molecule has 0 spiro atoms. The fraction of sp³-hybridized carbons (Fsp3) is 0.190. The maximum atomic E-state index is 12.3. The number of aromatic nitrogens is 1. The molecule has 4 rings (SSSR count). The summed E-state index contributed by atoms with van der Waals surface area (Å²) in [5.41, 5.74) is 3.94. The molecule has 2 aromatic carbocycles. The molecule has 2 amide bonds. The number of carbonyl (C=O) groups is 2. The highest BCUT2D eigenvalue weighted by molar-refractivity contribution is 7.19. The lowest BCUT2D eigenvalue weighted by Crippen LogP contribution is -2.25. The molecule has 6 heteroatoms. The molecule has 1 aliphatic heterocycles. The number of para-hydroxylation sites is 1. The van der Waals surface area contributed by atoms with Crippen LogP contribution >= 0.6 is 11.3 Å². The Hall–Kier alpha value is -2.99. The van der Waals surface area contributed by atoms with E-state index in [9.17, 15) is 9.59 Å². The standard InChI is InChI=1S/C21H19N3O2S/c1-13(14-6-8-16-15(12-14)7-9-20(26)23-16)22-19(25)10-11-21-24-17-4-2-3-5-18(17)27-21/h2-6,8,10-13H,7,9H2,1H3,(H,22,25)(H,23,26)/b11-10+. The third-order valence-electron chi connectivity index (χ3n) is 4.57. The van der Waals surface area contributed by atoms with Gasteiger partial charge in [0.15, 0.2) is 0 Å². The van der Waals surface area contributed by atoms with E-state index in [0.717, 1.165) is 38.5 Å². The molecular formula is C21H19N3O2S. The van der Waals surface area contributed by atoms with Gasteiger partial charge in [0.05, 0.1) is 16.3 Å². The van der Waals surface area contributed by atoms with E-state index in [1.165, 1.54) is 6.08 Å². The Morgan fingerprint density at radius 1 is 1.26 bits per heavy atom. The number of fused-ring (bicyclic) bond motifs is 2. The van der Waals surface area contributed by atoms with Gasteiger partial charge in [-0.3, -0.25) is 9.59 Å². The molecule has 0 saturated carbocycles. The third kappa shape index (κ3) is 3.90. The normalized spacial score (nSPS) is 14.8. The van der Waals surface area contributed by atoms with Crippen LogP contribution in [0.15, 0.2) is 48.5 Å². The lowest BCUT2D eigenvalue weighted by molar-refractivity contribution is -0.117. The molecule has 0 fully saturated rings. The van der Waals surface area contributed by atoms with E-state index in [-0.39, 0.29) is 17.9 Å². The van der Waals surface area contributed by atoms with Crippen LogP contribution in [0, 0.1) is 0 Å². The summed E-state index contributed by atoms with van der Waals surface area (Å²) < 4.78 is 1.10. The van der Waals surface area contributed by atoms with Crippen LogP contribution in [-0.4, -0.2) is 16.8 Å². The second-order valence-electron chi connectivity index (χ2n) is 6.55. The van der Waals surface area contributed by atoms with E-state index >= 15 is 0 Å². The number of benzene rings is 2. The number of nitrogens with zero attached hydrogens (tertiary/aromatic N) is 1. The van der Waals surface area contributed by atoms with Gasteiger partial charge in [-0.1, -0.05) is 24.3 Å². The van der Waals surface area contributed by atoms with Crippen LogP contribution in [0.25, 0.3) is 16.3 Å². The number of amides is 2. The highest BCUT2D eigenvalue weighted by atomic mass is 32.1. The number of hydrogen-bond acceptors (Lipinski definition) is 4. The largest absolute Gasteiger partial charge is 0.346 e. The molecule has 1 aromatic heterocycles. The molecule has 1 aliphatic rings. The first-order valence-corrected chi connectivity index (χ1v) is 9.67. The van der Waals surface area contributed by atoms with Crippen molar-refractivity contribution < 1.29 is 9.59 Å². The van der Waals surface area contributed by atoms with Crippen LogP contribution in [0.1, 0.15) is 35.5 Å². The molecule has 0 bridgehead atoms. The van der Waals surface area contributed by atoms with Gasteiger partial charge in [-0.15, -0.1) is 11.3 Å². The molecule has 1 atom stereocenters. The highest BCUT2D eigenvalue weighted by Crippen LogP contribution is 2.26. The zero-order chi connectivity index (χ0) is 18.8. The first-order valence-electron chi connectivity index (χ1n) is 8.85. The van der Waals surface area contributed by atoms with Crippen molar-refractivity contribution in [3.8, 4) is 0 Å². The van der Waals surface area contributed by atoms with Crippen molar-refractivity contribution in [3.63, 3.8) is 0 Å². The van der Waals surface area contributed by atoms with Gasteiger partial charge in [0.2, 0.25) is 11.8 Å². The van der Waals surface area contributed by atoms with Crippen molar-refractivity contribution >= 4 is 45.1 Å². The zero-order valence-electron chi connectivity index (χ0n) is 14.9. The van der Waals surface area contributed by atoms with Crippen LogP contribution in [0.5, 0.6) is 0 Å². The van der Waals surface area contributed by atoms with Gasteiger partial charge in [-0.25, -0.2) is 4.98 Å². The summed E-state index contributed by atoms with van der Waals surface area (Å²) in [6.45, 7) is 1.95. The van der Waals surface area contributed by atoms with Crippen molar-refractivity contribution in [3.05, 3.63) is 64.7 Å². The van der Waals surface area contributed by atoms with E-state index in [4.69, 9.17) is 0 Å². The average molecular weight is 377 g/mol. The summed E-state index contributed by atoms with van der Waals surface area (Å²) in [7, 11) is 0. The monoisotopic (exact) mass is 377 g/mol. The average Bonchev–Trinajstić information content (AvgIpc) is 3.09. The minimum atomic E-state index is -0.159. The number of anilines is 1. The van der Waals surface area contributed by atoms with Crippen molar-refractivity contribution in [2.75, 3.05) is 5.32 Å². The lowest BCUT2D eigenvalue weighted by Gasteiger charge is -2.20. The Kier molecular flexibility index (Phi) is 4.73. The topological polar surface area (TPSA) is 71.1 Å². The lowest BCUT2D eigenvalue weighted by atomic mass is 9.98. The number of nitrogens with one attached hydrogen (secondary N) is 2. The van der Waals surface area contributed by atoms with Crippen LogP contribution in [0.4, 0.5) is 5.69 Å². The third-order valence-corrected chi connectivity index (χ3v) is 5.57. The Morgan fingerprint density at radius 3 is 2.96 bits per heavy atom. The van der Waals surface area contributed by atoms with E-state index in [0.29, 0.717) is 6.42 Å². The molecule has 136 valence electrons. The summed E-state index contributed by atoms with van der Waals surface area (Å²) in [5.74, 6) is -0.107. The van der Waals surface area contributed by atoms with E-state index in [1.54, 1.807) is 17.4 Å². The predicted octanol–water partition coefficient (Wildman–Crippen LogP) is 4.07. The van der Waals surface area contributed by atoms with Gasteiger partial charge in [0, 0.05) is 18.2 Å². The molecule has 0 saturated heterocycles. The first-order chi connectivity index (χ1) is 13.1. The SMILES string of the molecule is CC(NC(=O)/C=C/c1nc2ccccc2s1)c1ccc2c(c1)CCC(=O)N2. The molecule has 3 aromatic rings. The van der Waals surface area contributed by atoms with E-state index in [1.807, 2.05) is 43.3 Å². The summed E-state index contributed by atoms with van der Waals surface area (Å²) in [5, 5.41) is 6.66. The van der Waals surface area contributed by atoms with Crippen molar-refractivity contribution in [2.24, 2.45) is 0 Å². The summed E-state index contributed by atoms with van der Waals surface area (Å²) >= 11 is 1.56. The van der Waals surface area contributed by atoms with Crippen molar-refractivity contribution in [1.29, 1.82) is 0 Å². The second kappa shape index (κ2) is 7.32. The molecular weight excluding hydrogens is 358 g/mol. The fourth-order valence-corrected chi connectivity index (χ4v) is 4.00. The van der Waals surface area contributed by atoms with Gasteiger partial charge in [0.1, 0.15) is 5.01 Å². The Bertz CT molecular complexity index is 1020. The van der Waals surface area contributed by atoms with Crippen LogP contribution < -0.4 is 10.6 Å². The van der Waals surface area contributed by atoms with E-state index < -0.39 is 0 Å². The van der Waals surface area contributed by atoms with Gasteiger partial charge in [0.25, 0.3) is 0 Å². The molecule has 2 N–H and O–H groups in total. The Balaban J connectivity index is 1.42. The highest BCUT2D eigenvalue weighted by Gasteiger charge is 2.16. The van der Waals surface area contributed by atoms with Crippen molar-refractivity contribution in [1.82, 2.24) is 10.3 Å². The maximum absolute atomic E-state index is 12.3. The van der Waals surface area contributed by atoms with E-state index in [2.05, 4.69) is 21.7 Å². The summed E-state index contributed by atoms with van der Waals surface area (Å²) in [6, 6.07) is 13.7. The van der Waals surface area contributed by atoms with Gasteiger partial charge in [-0.05, 0) is 48.7 Å². The minimum Gasteiger partial charge on any atom is -0.346 e. The number of carbonyl (C=O) groups excluding carboxylic acids is 2. The van der Waals surface area contributed by atoms with Crippen molar-refractivity contribution in [2.45, 2.75) is 25.8 Å². The van der Waals surface area contributed by atoms with Gasteiger partial charge < -0.3 is 10.6 Å². The first kappa shape index (κ1) is 17.4. The number of rotatable bonds is 4. The number of aryl methyl sites for hydroxylation is 1. The maximum Gasteiger partial charge on any atom is 0.244 e. The molecule has 1 unspecified atom stereocenters. The smallest absolute Gasteiger partial charge is 0.244 e. The second-order valence-corrected chi connectivity index (χ2v) is 7.61. The zero-order valence-corrected chi connectivity index (χ0v) is 15.7. The molecule has 0 aliphatic carbocycles. The Labute approximate surface area is 161 Å². The number of thiazole rings is 1. The minimum absolute atomic E-state index is 0.0524. The van der Waals surface area contributed by atoms with Crippen LogP contribution in [-0.2, 0) is 16.0 Å². The molecule has 5 nitrogen and oxygen atoms in total. The van der Waals surface area contributed by atoms with Gasteiger partial charge >= 0.3 is 0 Å². The predicted molar refractivity (Wildman–Crippen MR) is 109 cm³/mol. The fourth-order valence-electron chi connectivity index (χ4n) is 3.13. The number of hydrogen-bond donors (Lipinski definition) is 2. The molecule has 2 heterocycles. The summed E-state index contributed by atoms with van der Waals surface area (Å²) in [6.07, 6.45) is 4.50. The molecule has 27 heavy (non-hydrogen) atoms. The quantitative estimate of drug-likeness (QED) is 0.673. The van der Waals surface area contributed by atoms with Gasteiger partial charge in [-0.2, -0.15) is 0 Å². The van der Waals surface area contributed by atoms with Crippen LogP contribution in [0.2, 0.25) is 0 Å². The Morgan fingerprint density at radius 2 is 2.11 bits per heavy atom.